The van der Waals surface area contributed by atoms with Gasteiger partial charge in [0.15, 0.2) is 0 Å². The molecule has 33 heavy (non-hydrogen) atoms. The zero-order chi connectivity index (χ0) is 24.6. The van der Waals surface area contributed by atoms with Gasteiger partial charge in [-0.2, -0.15) is 0 Å². The summed E-state index contributed by atoms with van der Waals surface area (Å²) in [4.78, 5) is 17.5. The van der Waals surface area contributed by atoms with Crippen LogP contribution in [0.25, 0.3) is 0 Å². The third kappa shape index (κ3) is 9.14. The molecule has 7 nitrogen and oxygen atoms in total. The molecule has 0 radical (unpaired) electrons. The minimum Gasteiger partial charge on any atom is -0.375 e. The second-order valence-corrected chi connectivity index (χ2v) is 10.2. The molecule has 1 amide bonds. The Balaban J connectivity index is 2.06. The molecule has 0 aliphatic carbocycles. The predicted octanol–water partition coefficient (Wildman–Crippen LogP) is 4.37. The van der Waals surface area contributed by atoms with Crippen LogP contribution in [0.4, 0.5) is 5.82 Å². The van der Waals surface area contributed by atoms with Gasteiger partial charge in [-0.15, -0.1) is 0 Å². The lowest BCUT2D eigenvalue weighted by molar-refractivity contribution is -0.127. The number of hydrogen-bond acceptors (Lipinski definition) is 5. The number of aryl methyl sites for hydroxylation is 1. The van der Waals surface area contributed by atoms with Crippen molar-refractivity contribution in [3.63, 3.8) is 0 Å². The van der Waals surface area contributed by atoms with Crippen LogP contribution in [0.1, 0.15) is 46.6 Å². The summed E-state index contributed by atoms with van der Waals surface area (Å²) in [6, 6.07) is 9.45. The zero-order valence-corrected chi connectivity index (χ0v) is 20.9. The summed E-state index contributed by atoms with van der Waals surface area (Å²) in [7, 11) is 1.89. The third-order valence-corrected chi connectivity index (χ3v) is 4.92. The SMILES string of the molecule is C=C(CC(C)(C)C)NC(C)(C)C(=O)NC(COCc1ccccc1)C(=C)Nc1cn(C)cn1. The smallest absolute Gasteiger partial charge is 0.245 e. The highest BCUT2D eigenvalue weighted by atomic mass is 16.5. The lowest BCUT2D eigenvalue weighted by Gasteiger charge is -2.32. The average molecular weight is 454 g/mol. The van der Waals surface area contributed by atoms with Crippen molar-refractivity contribution < 1.29 is 9.53 Å². The Hall–Kier alpha value is -3.06. The lowest BCUT2D eigenvalue weighted by atomic mass is 9.90. The van der Waals surface area contributed by atoms with E-state index in [0.717, 1.165) is 17.7 Å². The number of nitrogens with zero attached hydrogens (tertiary/aromatic N) is 2. The van der Waals surface area contributed by atoms with E-state index in [1.54, 1.807) is 6.33 Å². The summed E-state index contributed by atoms with van der Waals surface area (Å²) in [5.41, 5.74) is 1.70. The molecular formula is C26H39N5O2. The minimum atomic E-state index is -0.856. The van der Waals surface area contributed by atoms with Gasteiger partial charge in [0.25, 0.3) is 0 Å². The van der Waals surface area contributed by atoms with Crippen LogP contribution in [0, 0.1) is 5.41 Å². The van der Waals surface area contributed by atoms with Gasteiger partial charge < -0.3 is 25.3 Å². The number of carbonyl (C=O) groups excluding carboxylic acids is 1. The van der Waals surface area contributed by atoms with Gasteiger partial charge in [0.1, 0.15) is 11.4 Å². The first kappa shape index (κ1) is 26.2. The number of amides is 1. The largest absolute Gasteiger partial charge is 0.375 e. The maximum atomic E-state index is 13.2. The van der Waals surface area contributed by atoms with E-state index in [1.807, 2.05) is 62.0 Å². The molecule has 7 heteroatoms. The van der Waals surface area contributed by atoms with Crippen molar-refractivity contribution in [2.45, 2.75) is 59.2 Å². The standard InChI is InChI=1S/C26H39N5O2/c1-19(14-25(3,4)5)30-26(6,7)24(32)29-22(17-33-16-21-12-10-9-11-13-21)20(2)28-23-15-31(8)18-27-23/h9-13,15,18,22,28,30H,1-2,14,16-17H2,3-8H3,(H,29,32). The van der Waals surface area contributed by atoms with E-state index in [0.29, 0.717) is 18.1 Å². The van der Waals surface area contributed by atoms with Crippen LogP contribution in [-0.4, -0.2) is 33.6 Å². The number of allylic oxidation sites excluding steroid dienone is 1. The van der Waals surface area contributed by atoms with E-state index in [-0.39, 0.29) is 17.9 Å². The maximum Gasteiger partial charge on any atom is 0.245 e. The number of ether oxygens (including phenoxy) is 1. The number of hydrogen-bond donors (Lipinski definition) is 3. The van der Waals surface area contributed by atoms with Crippen LogP contribution >= 0.6 is 0 Å². The van der Waals surface area contributed by atoms with Crippen molar-refractivity contribution >= 4 is 11.7 Å². The van der Waals surface area contributed by atoms with E-state index in [1.165, 1.54) is 0 Å². The number of anilines is 1. The molecule has 1 heterocycles. The van der Waals surface area contributed by atoms with Gasteiger partial charge in [0, 0.05) is 24.6 Å². The van der Waals surface area contributed by atoms with Crippen LogP contribution in [0.15, 0.2) is 67.4 Å². The van der Waals surface area contributed by atoms with Crippen LogP contribution in [0.5, 0.6) is 0 Å². The fourth-order valence-corrected chi connectivity index (χ4v) is 3.35. The van der Waals surface area contributed by atoms with Crippen LogP contribution in [-0.2, 0) is 23.2 Å². The van der Waals surface area contributed by atoms with E-state index in [4.69, 9.17) is 4.74 Å². The topological polar surface area (TPSA) is 80.2 Å². The van der Waals surface area contributed by atoms with Crippen LogP contribution < -0.4 is 16.0 Å². The highest BCUT2D eigenvalue weighted by molar-refractivity contribution is 5.86. The first-order chi connectivity index (χ1) is 15.4. The van der Waals surface area contributed by atoms with Crippen molar-refractivity contribution in [1.29, 1.82) is 0 Å². The Labute approximate surface area is 198 Å². The molecular weight excluding hydrogens is 414 g/mol. The van der Waals surface area contributed by atoms with Crippen molar-refractivity contribution in [3.05, 3.63) is 73.0 Å². The number of carbonyl (C=O) groups is 1. The molecule has 0 fully saturated rings. The predicted molar refractivity (Wildman–Crippen MR) is 134 cm³/mol. The molecule has 2 rings (SSSR count). The molecule has 0 aliphatic heterocycles. The summed E-state index contributed by atoms with van der Waals surface area (Å²) in [6.07, 6.45) is 4.31. The zero-order valence-electron chi connectivity index (χ0n) is 20.9. The molecule has 0 bridgehead atoms. The van der Waals surface area contributed by atoms with Gasteiger partial charge in [0.05, 0.1) is 25.6 Å². The normalized spacial score (nSPS) is 12.7. The Morgan fingerprint density at radius 1 is 1.15 bits per heavy atom. The molecule has 0 spiro atoms. The quantitative estimate of drug-likeness (QED) is 0.445. The van der Waals surface area contributed by atoms with E-state index in [9.17, 15) is 4.79 Å². The second kappa shape index (κ2) is 11.2. The number of rotatable bonds is 12. The van der Waals surface area contributed by atoms with Crippen molar-refractivity contribution in [2.75, 3.05) is 11.9 Å². The van der Waals surface area contributed by atoms with Crippen molar-refractivity contribution in [2.24, 2.45) is 12.5 Å². The number of nitrogens with one attached hydrogen (secondary N) is 3. The summed E-state index contributed by atoms with van der Waals surface area (Å²) in [5, 5.41) is 9.53. The maximum absolute atomic E-state index is 13.2. The third-order valence-electron chi connectivity index (χ3n) is 4.92. The molecule has 0 saturated carbocycles. The molecule has 0 saturated heterocycles. The number of benzene rings is 1. The Bertz CT molecular complexity index is 941. The first-order valence-electron chi connectivity index (χ1n) is 11.2. The Kier molecular flexibility index (Phi) is 8.88. The molecule has 3 N–H and O–H groups in total. The summed E-state index contributed by atoms with van der Waals surface area (Å²) in [6.45, 7) is 19.0. The molecule has 1 aromatic carbocycles. The summed E-state index contributed by atoms with van der Waals surface area (Å²) >= 11 is 0. The molecule has 180 valence electrons. The molecule has 0 aliphatic rings. The fourth-order valence-electron chi connectivity index (χ4n) is 3.35. The van der Waals surface area contributed by atoms with Crippen molar-refractivity contribution in [1.82, 2.24) is 20.2 Å². The number of imidazole rings is 1. The van der Waals surface area contributed by atoms with Gasteiger partial charge in [0.2, 0.25) is 5.91 Å². The van der Waals surface area contributed by atoms with E-state index >= 15 is 0 Å². The Morgan fingerprint density at radius 3 is 2.39 bits per heavy atom. The van der Waals surface area contributed by atoms with Gasteiger partial charge in [-0.05, 0) is 31.2 Å². The first-order valence-corrected chi connectivity index (χ1v) is 11.2. The minimum absolute atomic E-state index is 0.0747. The lowest BCUT2D eigenvalue weighted by Crippen LogP contribution is -2.56. The second-order valence-electron chi connectivity index (χ2n) is 10.2. The van der Waals surface area contributed by atoms with Gasteiger partial charge in [-0.1, -0.05) is 64.3 Å². The molecule has 1 unspecified atom stereocenters. The van der Waals surface area contributed by atoms with Crippen LogP contribution in [0.2, 0.25) is 0 Å². The molecule has 1 aromatic heterocycles. The van der Waals surface area contributed by atoms with Gasteiger partial charge in [-0.25, -0.2) is 4.98 Å². The van der Waals surface area contributed by atoms with Gasteiger partial charge in [-0.3, -0.25) is 4.79 Å². The Morgan fingerprint density at radius 2 is 1.82 bits per heavy atom. The number of aromatic nitrogens is 2. The molecule has 1 atom stereocenters. The highest BCUT2D eigenvalue weighted by Crippen LogP contribution is 2.23. The fraction of sp³-hybridized carbons (Fsp3) is 0.462. The monoisotopic (exact) mass is 453 g/mol. The van der Waals surface area contributed by atoms with E-state index < -0.39 is 11.6 Å². The molecule has 2 aromatic rings. The van der Waals surface area contributed by atoms with E-state index in [2.05, 4.69) is 54.9 Å². The summed E-state index contributed by atoms with van der Waals surface area (Å²) < 4.78 is 7.76. The summed E-state index contributed by atoms with van der Waals surface area (Å²) in [5.74, 6) is 0.482. The van der Waals surface area contributed by atoms with Crippen molar-refractivity contribution in [3.8, 4) is 0 Å². The van der Waals surface area contributed by atoms with Crippen LogP contribution in [0.3, 0.4) is 0 Å². The average Bonchev–Trinajstić information content (AvgIpc) is 3.10. The van der Waals surface area contributed by atoms with Gasteiger partial charge >= 0.3 is 0 Å². The highest BCUT2D eigenvalue weighted by Gasteiger charge is 2.31.